The van der Waals surface area contributed by atoms with Crippen molar-refractivity contribution in [3.63, 3.8) is 0 Å². The first kappa shape index (κ1) is 81.2. The van der Waals surface area contributed by atoms with Crippen molar-refractivity contribution in [2.75, 3.05) is 69.0 Å². The van der Waals surface area contributed by atoms with Crippen LogP contribution in [0.4, 0.5) is 22.0 Å². The van der Waals surface area contributed by atoms with Crippen LogP contribution in [0.3, 0.4) is 0 Å². The molecule has 22 nitrogen and oxygen atoms in total. The van der Waals surface area contributed by atoms with Gasteiger partial charge in [0.15, 0.2) is 0 Å². The van der Waals surface area contributed by atoms with Crippen molar-refractivity contribution in [3.8, 4) is 0 Å². The summed E-state index contributed by atoms with van der Waals surface area (Å²) in [7, 11) is 9.31. The molecule has 1 saturated carbocycles. The van der Waals surface area contributed by atoms with Crippen molar-refractivity contribution in [2.24, 2.45) is 35.5 Å². The van der Waals surface area contributed by atoms with Crippen LogP contribution in [0, 0.1) is 35.5 Å². The predicted octanol–water partition coefficient (Wildman–Crippen LogP) is 5.82. The standard InChI is InChI=1S/C63H107ClF5N11O11/c1-19-39(8)54-60(90)76(14)34-52(83)74(12)35-53(84)77(15)45(22-20-21-23-49(65)66)59(89)75(13)33-50(81)71-44(27-25-41-24-26-42(43(64)32-41)63(67,68)69)58(88)79(17)48(30-38(6)7)57(87)73-62(10,11)61(91)80(18)47(29-37(4)5)55(85)70-40(9)31-51(82)78(16)46(28-36(2)3)56(86)72-54/h36-49,54H,19-35H2,1-18H3,(H,70,85)(H,71,81)(H,72,86)(H,73,87)/t39-,40+,41?,42?,43?,44-,45-,46-,47-,48-,54-/m0/s1. The van der Waals surface area contributed by atoms with Crippen LogP contribution in [0.5, 0.6) is 0 Å². The quantitative estimate of drug-likeness (QED) is 0.0814. The van der Waals surface area contributed by atoms with Crippen molar-refractivity contribution in [1.29, 1.82) is 0 Å². The smallest absolute Gasteiger partial charge is 0.351 e. The Morgan fingerprint density at radius 2 is 1.08 bits per heavy atom. The van der Waals surface area contributed by atoms with Gasteiger partial charge >= 0.3 is 6.18 Å². The van der Waals surface area contributed by atoms with Crippen LogP contribution in [0.25, 0.3) is 0 Å². The fourth-order valence-corrected chi connectivity index (χ4v) is 12.1. The van der Waals surface area contributed by atoms with E-state index in [4.69, 9.17) is 11.6 Å². The lowest BCUT2D eigenvalue weighted by Gasteiger charge is -2.38. The van der Waals surface area contributed by atoms with Crippen LogP contribution in [-0.4, -0.2) is 234 Å². The number of hydrogen-bond donors (Lipinski definition) is 4. The summed E-state index contributed by atoms with van der Waals surface area (Å²) < 4.78 is 68.3. The Balaban J connectivity index is 2.85. The van der Waals surface area contributed by atoms with Crippen molar-refractivity contribution in [3.05, 3.63) is 0 Å². The third kappa shape index (κ3) is 25.2. The molecule has 11 amide bonds. The van der Waals surface area contributed by atoms with Gasteiger partial charge in [-0.25, -0.2) is 8.78 Å². The molecule has 0 aromatic rings. The molecule has 1 aliphatic carbocycles. The largest absolute Gasteiger partial charge is 0.393 e. The molecule has 2 fully saturated rings. The lowest BCUT2D eigenvalue weighted by molar-refractivity contribution is -0.182. The molecule has 0 aromatic heterocycles. The van der Waals surface area contributed by atoms with Gasteiger partial charge in [-0.3, -0.25) is 52.7 Å². The minimum Gasteiger partial charge on any atom is -0.351 e. The first-order valence-electron chi connectivity index (χ1n) is 32.0. The topological polar surface area (TPSA) is 259 Å². The molecule has 2 aliphatic rings. The highest BCUT2D eigenvalue weighted by Crippen LogP contribution is 2.43. The van der Waals surface area contributed by atoms with Crippen LogP contribution in [0.2, 0.25) is 0 Å². The number of unbranched alkanes of at least 4 members (excludes halogenated alkanes) is 1. The number of alkyl halides is 6. The minimum atomic E-state index is -4.54. The van der Waals surface area contributed by atoms with Crippen LogP contribution in [0.15, 0.2) is 0 Å². The molecule has 3 unspecified atom stereocenters. The summed E-state index contributed by atoms with van der Waals surface area (Å²) in [4.78, 5) is 166. The monoisotopic (exact) mass is 1320 g/mol. The van der Waals surface area contributed by atoms with Crippen LogP contribution >= 0.6 is 11.6 Å². The fraction of sp³-hybridized carbons (Fsp3) is 0.825. The fourth-order valence-electron chi connectivity index (χ4n) is 11.6. The molecule has 91 heavy (non-hydrogen) atoms. The van der Waals surface area contributed by atoms with Gasteiger partial charge in [-0.1, -0.05) is 68.2 Å². The Morgan fingerprint density at radius 3 is 1.59 bits per heavy atom. The second-order valence-electron chi connectivity index (χ2n) is 27.3. The van der Waals surface area contributed by atoms with Gasteiger partial charge in [0.1, 0.15) is 41.8 Å². The Morgan fingerprint density at radius 1 is 0.571 bits per heavy atom. The maximum absolute atomic E-state index is 14.9. The SMILES string of the molecule is CC[C@H](C)[C@@H]1NC(=O)[C@H](CC(C)C)N(C)C(=O)C[C@@H](C)NC(=O)[C@H](CC(C)C)N(C)C(=O)C(C)(C)NC(=O)[C@H](CC(C)C)N(C)C(=O)[C@H](CCC2CCC(C(F)(F)F)C(Cl)C2)NC(=O)CN(C)C(=O)[C@H](CCCCC(F)F)N(C)C(=O)CN(C)C(=O)CN(C)C1=O. The summed E-state index contributed by atoms with van der Waals surface area (Å²) in [5.74, 6) is -11.2. The summed E-state index contributed by atoms with van der Waals surface area (Å²) in [6.07, 6.45) is -7.71. The van der Waals surface area contributed by atoms with E-state index in [2.05, 4.69) is 21.3 Å². The summed E-state index contributed by atoms with van der Waals surface area (Å²) >= 11 is 6.31. The highest BCUT2D eigenvalue weighted by Gasteiger charge is 2.48. The van der Waals surface area contributed by atoms with E-state index in [-0.39, 0.29) is 94.8 Å². The highest BCUT2D eigenvalue weighted by molar-refractivity contribution is 6.20. The normalized spacial score (nSPS) is 27.3. The Labute approximate surface area is 541 Å². The van der Waals surface area contributed by atoms with Crippen LogP contribution in [-0.2, 0) is 52.7 Å². The van der Waals surface area contributed by atoms with E-state index < -0.39 is 175 Å². The van der Waals surface area contributed by atoms with Gasteiger partial charge in [0.05, 0.1) is 25.6 Å². The molecule has 0 aromatic carbocycles. The molecule has 522 valence electrons. The number of hydrogen-bond acceptors (Lipinski definition) is 11. The van der Waals surface area contributed by atoms with E-state index in [1.807, 2.05) is 27.7 Å². The second-order valence-corrected chi connectivity index (χ2v) is 27.8. The number of likely N-dealkylation sites (N-methyl/N-ethyl adjacent to an activating group) is 7. The third-order valence-electron chi connectivity index (χ3n) is 17.5. The average molecular weight is 1330 g/mol. The zero-order valence-corrected chi connectivity index (χ0v) is 57.8. The Kier molecular flexibility index (Phi) is 32.6. The van der Waals surface area contributed by atoms with E-state index in [1.165, 1.54) is 73.0 Å². The van der Waals surface area contributed by atoms with Crippen molar-refractivity contribution in [2.45, 2.75) is 232 Å². The van der Waals surface area contributed by atoms with Gasteiger partial charge in [0, 0.05) is 73.6 Å². The third-order valence-corrected chi connectivity index (χ3v) is 18.0. The summed E-state index contributed by atoms with van der Waals surface area (Å²) in [6, 6.07) is -8.40. The molecule has 11 atom stereocenters. The summed E-state index contributed by atoms with van der Waals surface area (Å²) in [5.41, 5.74) is -1.74. The minimum absolute atomic E-state index is 0.0257. The van der Waals surface area contributed by atoms with E-state index in [0.717, 1.165) is 24.5 Å². The summed E-state index contributed by atoms with van der Waals surface area (Å²) in [6.45, 7) is 17.0. The van der Waals surface area contributed by atoms with E-state index >= 15 is 0 Å². The molecule has 0 bridgehead atoms. The van der Waals surface area contributed by atoms with Gasteiger partial charge in [-0.05, 0) is 115 Å². The number of nitrogens with zero attached hydrogens (tertiary/aromatic N) is 7. The van der Waals surface area contributed by atoms with E-state index in [0.29, 0.717) is 6.42 Å². The van der Waals surface area contributed by atoms with Gasteiger partial charge in [-0.15, -0.1) is 11.6 Å². The first-order valence-corrected chi connectivity index (χ1v) is 32.4. The number of rotatable bonds is 16. The van der Waals surface area contributed by atoms with Crippen molar-refractivity contribution >= 4 is 76.6 Å². The highest BCUT2D eigenvalue weighted by atomic mass is 35.5. The van der Waals surface area contributed by atoms with Gasteiger partial charge in [0.25, 0.3) is 0 Å². The molecule has 1 aliphatic heterocycles. The maximum Gasteiger partial charge on any atom is 0.393 e. The molecular formula is C63H107ClF5N11O11. The Hall–Kier alpha value is -5.89. The number of nitrogens with one attached hydrogen (secondary N) is 4. The molecular weight excluding hydrogens is 1220 g/mol. The number of carbonyl (C=O) groups excluding carboxylic acids is 11. The van der Waals surface area contributed by atoms with Gasteiger partial charge < -0.3 is 55.6 Å². The Bertz CT molecular complexity index is 2490. The lowest BCUT2D eigenvalue weighted by Crippen LogP contribution is -2.63. The molecule has 28 heteroatoms. The predicted molar refractivity (Wildman–Crippen MR) is 336 cm³/mol. The zero-order valence-electron chi connectivity index (χ0n) is 57.1. The van der Waals surface area contributed by atoms with Crippen molar-refractivity contribution in [1.82, 2.24) is 55.6 Å². The molecule has 0 spiro atoms. The molecule has 4 N–H and O–H groups in total. The molecule has 1 heterocycles. The maximum atomic E-state index is 14.9. The van der Waals surface area contributed by atoms with Gasteiger partial charge in [0.2, 0.25) is 71.4 Å². The number of amides is 11. The summed E-state index contributed by atoms with van der Waals surface area (Å²) in [5, 5.41) is 9.88. The molecule has 0 radical (unpaired) electrons. The van der Waals surface area contributed by atoms with Gasteiger partial charge in [-0.2, -0.15) is 13.2 Å². The second kappa shape index (κ2) is 36.5. The van der Waals surface area contributed by atoms with Crippen molar-refractivity contribution < 1.29 is 74.7 Å². The molecule has 1 saturated heterocycles. The lowest BCUT2D eigenvalue weighted by atomic mass is 9.78. The van der Waals surface area contributed by atoms with E-state index in [9.17, 15) is 74.7 Å². The first-order chi connectivity index (χ1) is 42.0. The van der Waals surface area contributed by atoms with Crippen LogP contribution < -0.4 is 21.3 Å². The number of halogens is 6. The van der Waals surface area contributed by atoms with E-state index in [1.54, 1.807) is 34.6 Å². The molecule has 2 rings (SSSR count). The average Bonchev–Trinajstić information content (AvgIpc) is 0.912. The number of carbonyl (C=O) groups is 11. The van der Waals surface area contributed by atoms with Crippen LogP contribution in [0.1, 0.15) is 166 Å². The zero-order chi connectivity index (χ0) is 69.9.